The largest absolute Gasteiger partial charge is 0.390 e. The number of carbonyl (C=O) groups is 1. The van der Waals surface area contributed by atoms with Crippen molar-refractivity contribution in [3.8, 4) is 0 Å². The Kier molecular flexibility index (Phi) is 3.30. The van der Waals surface area contributed by atoms with E-state index in [2.05, 4.69) is 10.3 Å². The molecule has 3 aliphatic rings. The van der Waals surface area contributed by atoms with Crippen molar-refractivity contribution < 1.29 is 18.0 Å². The number of nitrogens with one attached hydrogen (secondary N) is 1. The highest BCUT2D eigenvalue weighted by molar-refractivity contribution is 8.16. The number of carbonyl (C=O) groups excluding carboxylic acids is 1. The molecule has 1 saturated heterocycles. The van der Waals surface area contributed by atoms with Gasteiger partial charge >= 0.3 is 6.18 Å². The van der Waals surface area contributed by atoms with Gasteiger partial charge in [-0.05, 0) is 38.0 Å². The summed E-state index contributed by atoms with van der Waals surface area (Å²) in [5, 5.41) is 2.90. The van der Waals surface area contributed by atoms with Crippen LogP contribution in [-0.2, 0) is 4.79 Å². The van der Waals surface area contributed by atoms with Gasteiger partial charge in [-0.1, -0.05) is 18.2 Å². The van der Waals surface area contributed by atoms with Crippen molar-refractivity contribution in [2.45, 2.75) is 56.0 Å². The fourth-order valence-electron chi connectivity index (χ4n) is 3.59. The lowest BCUT2D eigenvalue weighted by molar-refractivity contribution is -0.148. The average Bonchev–Trinajstić information content (AvgIpc) is 2.92. The second-order valence-corrected chi connectivity index (χ2v) is 7.75. The molecule has 0 radical (unpaired) electrons. The Morgan fingerprint density at radius 1 is 1.40 bits per heavy atom. The van der Waals surface area contributed by atoms with Gasteiger partial charge in [-0.2, -0.15) is 13.2 Å². The number of hydrogen-bond acceptors (Lipinski definition) is 3. The van der Waals surface area contributed by atoms with Crippen molar-refractivity contribution >= 4 is 22.8 Å². The first kappa shape index (κ1) is 14.2. The predicted octanol–water partition coefficient (Wildman–Crippen LogP) is 3.11. The normalized spacial score (nSPS) is 42.5. The summed E-state index contributed by atoms with van der Waals surface area (Å²) < 4.78 is 36.2. The second-order valence-electron chi connectivity index (χ2n) is 6.26. The first-order valence-corrected chi connectivity index (χ1v) is 7.72. The number of amides is 1. The third kappa shape index (κ3) is 2.69. The molecule has 112 valence electrons. The van der Waals surface area contributed by atoms with Gasteiger partial charge in [0.05, 0.1) is 12.5 Å². The minimum Gasteiger partial charge on any atom is -0.304 e. The molecule has 1 N–H and O–H groups in total. The molecule has 4 atom stereocenters. The molecule has 0 aromatic carbocycles. The molecule has 2 saturated carbocycles. The molecular formula is C13H17F3N2OS. The van der Waals surface area contributed by atoms with Gasteiger partial charge < -0.3 is 5.32 Å². The number of fused-ring (bicyclic) bond motifs is 2. The molecular weight excluding hydrogens is 289 g/mol. The molecule has 1 amide bonds. The molecule has 0 aromatic heterocycles. The maximum atomic E-state index is 12.5. The van der Waals surface area contributed by atoms with Crippen molar-refractivity contribution in [3.63, 3.8) is 0 Å². The van der Waals surface area contributed by atoms with Gasteiger partial charge in [0, 0.05) is 0 Å². The van der Waals surface area contributed by atoms with E-state index in [9.17, 15) is 18.0 Å². The first-order chi connectivity index (χ1) is 9.25. The highest BCUT2D eigenvalue weighted by atomic mass is 32.2. The second kappa shape index (κ2) is 4.64. The van der Waals surface area contributed by atoms with Crippen LogP contribution in [0.1, 0.15) is 39.0 Å². The third-order valence-corrected chi connectivity index (χ3v) is 5.73. The number of aliphatic imine (C=N–C) groups is 1. The van der Waals surface area contributed by atoms with Gasteiger partial charge in [-0.15, -0.1) is 0 Å². The molecule has 0 aromatic rings. The molecule has 1 aliphatic heterocycles. The van der Waals surface area contributed by atoms with Gasteiger partial charge in [0.2, 0.25) is 5.91 Å². The van der Waals surface area contributed by atoms with Crippen LogP contribution in [0.15, 0.2) is 4.99 Å². The summed E-state index contributed by atoms with van der Waals surface area (Å²) in [5.41, 5.74) is 0. The van der Waals surface area contributed by atoms with Crippen LogP contribution >= 0.6 is 11.8 Å². The molecule has 1 unspecified atom stereocenters. The zero-order valence-corrected chi connectivity index (χ0v) is 12.0. The summed E-state index contributed by atoms with van der Waals surface area (Å²) in [6, 6.07) is 0.185. The average molecular weight is 306 g/mol. The van der Waals surface area contributed by atoms with Gasteiger partial charge in [0.25, 0.3) is 0 Å². The molecule has 3 rings (SSSR count). The highest BCUT2D eigenvalue weighted by Crippen LogP contribution is 2.47. The van der Waals surface area contributed by atoms with Crippen LogP contribution < -0.4 is 5.32 Å². The number of amidine groups is 1. The van der Waals surface area contributed by atoms with E-state index in [1.54, 1.807) is 0 Å². The molecule has 0 spiro atoms. The topological polar surface area (TPSA) is 41.5 Å². The summed E-state index contributed by atoms with van der Waals surface area (Å²) in [4.78, 5) is 16.3. The van der Waals surface area contributed by atoms with Crippen LogP contribution in [0, 0.1) is 11.8 Å². The van der Waals surface area contributed by atoms with Crippen molar-refractivity contribution in [3.05, 3.63) is 0 Å². The smallest absolute Gasteiger partial charge is 0.304 e. The van der Waals surface area contributed by atoms with Crippen molar-refractivity contribution in [1.82, 2.24) is 5.32 Å². The van der Waals surface area contributed by atoms with Crippen LogP contribution in [0.3, 0.4) is 0 Å². The van der Waals surface area contributed by atoms with Crippen molar-refractivity contribution in [2.75, 3.05) is 0 Å². The van der Waals surface area contributed by atoms with E-state index in [0.717, 1.165) is 30.5 Å². The summed E-state index contributed by atoms with van der Waals surface area (Å²) in [6.45, 7) is 1.34. The standard InChI is InChI=1S/C13H17F3N2OS/c1-12(6-13(14,15)16)10(19)18-11(20-12)17-9-5-7-2-3-8(9)4-7/h7-9H,2-6H2,1H3,(H,17,18,19)/t7-,8+,9+,12?/m0/s1. The van der Waals surface area contributed by atoms with E-state index >= 15 is 0 Å². The van der Waals surface area contributed by atoms with E-state index in [0.29, 0.717) is 11.1 Å². The number of halogens is 3. The lowest BCUT2D eigenvalue weighted by atomic mass is 9.96. The van der Waals surface area contributed by atoms with E-state index in [1.807, 2.05) is 0 Å². The number of rotatable bonds is 2. The van der Waals surface area contributed by atoms with E-state index in [-0.39, 0.29) is 6.04 Å². The summed E-state index contributed by atoms with van der Waals surface area (Å²) in [6.07, 6.45) is -0.866. The minimum atomic E-state index is -4.35. The van der Waals surface area contributed by atoms with Crippen LogP contribution in [0.4, 0.5) is 13.2 Å². The van der Waals surface area contributed by atoms with Gasteiger partial charge in [-0.25, -0.2) is 0 Å². The number of alkyl halides is 3. The van der Waals surface area contributed by atoms with Crippen molar-refractivity contribution in [2.24, 2.45) is 16.8 Å². The summed E-state index contributed by atoms with van der Waals surface area (Å²) in [7, 11) is 0. The summed E-state index contributed by atoms with van der Waals surface area (Å²) in [5.74, 6) is 0.694. The Labute approximate surface area is 119 Å². The van der Waals surface area contributed by atoms with E-state index in [1.165, 1.54) is 19.8 Å². The number of hydrogen-bond donors (Lipinski definition) is 1. The van der Waals surface area contributed by atoms with Gasteiger partial charge in [-0.3, -0.25) is 9.79 Å². The third-order valence-electron chi connectivity index (χ3n) is 4.54. The van der Waals surface area contributed by atoms with Gasteiger partial charge in [0.15, 0.2) is 5.17 Å². The molecule has 2 bridgehead atoms. The molecule has 1 heterocycles. The Hall–Kier alpha value is -0.720. The lowest BCUT2D eigenvalue weighted by Crippen LogP contribution is -2.37. The minimum absolute atomic E-state index is 0.185. The van der Waals surface area contributed by atoms with Gasteiger partial charge in [0.1, 0.15) is 4.75 Å². The number of thioether (sulfide) groups is 1. The van der Waals surface area contributed by atoms with E-state index < -0.39 is 23.3 Å². The monoisotopic (exact) mass is 306 g/mol. The maximum Gasteiger partial charge on any atom is 0.390 e. The Bertz CT molecular complexity index is 465. The highest BCUT2D eigenvalue weighted by Gasteiger charge is 2.50. The zero-order chi connectivity index (χ0) is 14.5. The quantitative estimate of drug-likeness (QED) is 0.851. The Morgan fingerprint density at radius 3 is 2.70 bits per heavy atom. The zero-order valence-electron chi connectivity index (χ0n) is 11.2. The summed E-state index contributed by atoms with van der Waals surface area (Å²) >= 11 is 0.932. The Balaban J connectivity index is 1.70. The SMILES string of the molecule is CC1(CC(F)(F)F)SC(=N[C@@H]2C[C@H]3CC[C@@H]2C3)NC1=O. The Morgan fingerprint density at radius 2 is 2.15 bits per heavy atom. The maximum absolute atomic E-state index is 12.5. The molecule has 7 heteroatoms. The van der Waals surface area contributed by atoms with Crippen LogP contribution in [0.5, 0.6) is 0 Å². The van der Waals surface area contributed by atoms with Crippen LogP contribution in [-0.4, -0.2) is 28.0 Å². The lowest BCUT2D eigenvalue weighted by Gasteiger charge is -2.20. The first-order valence-electron chi connectivity index (χ1n) is 6.90. The van der Waals surface area contributed by atoms with E-state index in [4.69, 9.17) is 0 Å². The molecule has 3 fully saturated rings. The van der Waals surface area contributed by atoms with Crippen molar-refractivity contribution in [1.29, 1.82) is 0 Å². The molecule has 2 aliphatic carbocycles. The number of nitrogens with zero attached hydrogens (tertiary/aromatic N) is 1. The fraction of sp³-hybridized carbons (Fsp3) is 0.846. The molecule has 20 heavy (non-hydrogen) atoms. The van der Waals surface area contributed by atoms with Crippen LogP contribution in [0.2, 0.25) is 0 Å². The van der Waals surface area contributed by atoms with Crippen LogP contribution in [0.25, 0.3) is 0 Å². The fourth-order valence-corrected chi connectivity index (χ4v) is 4.73. The molecule has 3 nitrogen and oxygen atoms in total. The predicted molar refractivity (Wildman–Crippen MR) is 71.5 cm³/mol.